The van der Waals surface area contributed by atoms with Gasteiger partial charge in [-0.15, -0.1) is 0 Å². The zero-order chi connectivity index (χ0) is 11.8. The van der Waals surface area contributed by atoms with Gasteiger partial charge in [-0.25, -0.2) is 9.50 Å². The highest BCUT2D eigenvalue weighted by Crippen LogP contribution is 2.33. The van der Waals surface area contributed by atoms with Gasteiger partial charge in [0, 0.05) is 6.54 Å². The van der Waals surface area contributed by atoms with Crippen LogP contribution in [0, 0.1) is 0 Å². The first-order valence-corrected chi connectivity index (χ1v) is 5.73. The molecule has 0 saturated carbocycles. The first kappa shape index (κ1) is 10.5. The molecule has 0 bridgehead atoms. The van der Waals surface area contributed by atoms with Crippen LogP contribution in [0.5, 0.6) is 0 Å². The van der Waals surface area contributed by atoms with Gasteiger partial charge in [0.05, 0.1) is 11.8 Å². The van der Waals surface area contributed by atoms with Crippen molar-refractivity contribution in [3.63, 3.8) is 0 Å². The van der Waals surface area contributed by atoms with E-state index in [1.165, 1.54) is 6.33 Å². The second-order valence-corrected chi connectivity index (χ2v) is 4.26. The lowest BCUT2D eigenvalue weighted by atomic mass is 10.1. The molecule has 3 rings (SSSR count). The Balaban J connectivity index is 1.99. The zero-order valence-electron chi connectivity index (χ0n) is 9.41. The second kappa shape index (κ2) is 3.97. The lowest BCUT2D eigenvalue weighted by molar-refractivity contribution is 0.0464. The van der Waals surface area contributed by atoms with Crippen LogP contribution in [0.1, 0.15) is 24.6 Å². The summed E-state index contributed by atoms with van der Waals surface area (Å²) in [6, 6.07) is 3.91. The number of nitrogens with two attached hydrogens (primary N) is 2. The van der Waals surface area contributed by atoms with Gasteiger partial charge in [0.1, 0.15) is 17.9 Å². The van der Waals surface area contributed by atoms with Crippen LogP contribution in [-0.4, -0.2) is 27.2 Å². The molecule has 2 aromatic rings. The molecule has 0 aliphatic carbocycles. The SMILES string of the molecule is NCC1CCC(c2ccc3c(N)ncnn23)O1. The maximum atomic E-state index is 5.86. The first-order chi connectivity index (χ1) is 8.29. The smallest absolute Gasteiger partial charge is 0.151 e. The fourth-order valence-electron chi connectivity index (χ4n) is 2.31. The Labute approximate surface area is 98.6 Å². The molecule has 17 heavy (non-hydrogen) atoms. The van der Waals surface area contributed by atoms with Gasteiger partial charge >= 0.3 is 0 Å². The van der Waals surface area contributed by atoms with Crippen LogP contribution in [0.4, 0.5) is 5.82 Å². The molecule has 3 heterocycles. The summed E-state index contributed by atoms with van der Waals surface area (Å²) in [5, 5.41) is 4.21. The van der Waals surface area contributed by atoms with Crippen LogP contribution >= 0.6 is 0 Å². The second-order valence-electron chi connectivity index (χ2n) is 4.26. The molecule has 0 radical (unpaired) electrons. The lowest BCUT2D eigenvalue weighted by Crippen LogP contribution is -2.19. The molecule has 4 N–H and O–H groups in total. The molecule has 6 heteroatoms. The number of hydrogen-bond donors (Lipinski definition) is 2. The van der Waals surface area contributed by atoms with E-state index in [9.17, 15) is 0 Å². The molecule has 1 aliphatic rings. The van der Waals surface area contributed by atoms with Crippen LogP contribution in [0.3, 0.4) is 0 Å². The number of aromatic nitrogens is 3. The standard InChI is InChI=1S/C11H15N5O/c12-5-7-1-4-10(17-7)8-2-3-9-11(13)14-6-15-16(8)9/h2-3,6-7,10H,1,4-5,12H2,(H2,13,14,15). The average molecular weight is 233 g/mol. The number of anilines is 1. The van der Waals surface area contributed by atoms with Crippen molar-refractivity contribution in [3.05, 3.63) is 24.2 Å². The lowest BCUT2D eigenvalue weighted by Gasteiger charge is -2.12. The van der Waals surface area contributed by atoms with Crippen molar-refractivity contribution < 1.29 is 4.74 Å². The molecule has 2 atom stereocenters. The molecule has 1 aliphatic heterocycles. The topological polar surface area (TPSA) is 91.5 Å². The number of nitrogens with zero attached hydrogens (tertiary/aromatic N) is 3. The molecular weight excluding hydrogens is 218 g/mol. The molecule has 0 spiro atoms. The maximum absolute atomic E-state index is 5.86. The van der Waals surface area contributed by atoms with Crippen molar-refractivity contribution in [1.82, 2.24) is 14.6 Å². The van der Waals surface area contributed by atoms with Gasteiger partial charge in [0.25, 0.3) is 0 Å². The van der Waals surface area contributed by atoms with E-state index in [0.717, 1.165) is 24.1 Å². The Kier molecular flexibility index (Phi) is 2.45. The van der Waals surface area contributed by atoms with E-state index in [0.29, 0.717) is 12.4 Å². The van der Waals surface area contributed by atoms with Crippen LogP contribution in [0.15, 0.2) is 18.5 Å². The Bertz CT molecular complexity index is 538. The van der Waals surface area contributed by atoms with Gasteiger partial charge in [0.2, 0.25) is 0 Å². The minimum atomic E-state index is 0.0559. The molecule has 0 amide bonds. The summed E-state index contributed by atoms with van der Waals surface area (Å²) >= 11 is 0. The third-order valence-electron chi connectivity index (χ3n) is 3.21. The first-order valence-electron chi connectivity index (χ1n) is 5.73. The summed E-state index contributed by atoms with van der Waals surface area (Å²) in [5.41, 5.74) is 13.2. The highest BCUT2D eigenvalue weighted by atomic mass is 16.5. The fraction of sp³-hybridized carbons (Fsp3) is 0.455. The zero-order valence-corrected chi connectivity index (χ0v) is 9.41. The third-order valence-corrected chi connectivity index (χ3v) is 3.21. The van der Waals surface area contributed by atoms with E-state index < -0.39 is 0 Å². The van der Waals surface area contributed by atoms with Gasteiger partial charge in [-0.1, -0.05) is 0 Å². The molecule has 0 aromatic carbocycles. The van der Waals surface area contributed by atoms with E-state index in [1.807, 2.05) is 12.1 Å². The summed E-state index contributed by atoms with van der Waals surface area (Å²) in [6.45, 7) is 0.566. The van der Waals surface area contributed by atoms with Gasteiger partial charge in [-0.2, -0.15) is 5.10 Å². The predicted octanol–water partition coefficient (Wildman–Crippen LogP) is 0.490. The van der Waals surface area contributed by atoms with E-state index in [2.05, 4.69) is 10.1 Å². The van der Waals surface area contributed by atoms with Crippen LogP contribution in [-0.2, 0) is 4.74 Å². The van der Waals surface area contributed by atoms with Crippen LogP contribution < -0.4 is 11.5 Å². The van der Waals surface area contributed by atoms with Gasteiger partial charge in [-0.3, -0.25) is 0 Å². The molecule has 6 nitrogen and oxygen atoms in total. The van der Waals surface area contributed by atoms with Crippen molar-refractivity contribution in [1.29, 1.82) is 0 Å². The van der Waals surface area contributed by atoms with Gasteiger partial charge < -0.3 is 16.2 Å². The number of ether oxygens (including phenoxy) is 1. The molecule has 1 fully saturated rings. The van der Waals surface area contributed by atoms with Crippen molar-refractivity contribution in [2.75, 3.05) is 12.3 Å². The Morgan fingerprint density at radius 3 is 3.06 bits per heavy atom. The maximum Gasteiger partial charge on any atom is 0.151 e. The Morgan fingerprint density at radius 2 is 2.29 bits per heavy atom. The quantitative estimate of drug-likeness (QED) is 0.787. The third kappa shape index (κ3) is 1.65. The molecule has 1 saturated heterocycles. The van der Waals surface area contributed by atoms with Crippen molar-refractivity contribution in [3.8, 4) is 0 Å². The summed E-state index contributed by atoms with van der Waals surface area (Å²) in [6.07, 6.45) is 3.64. The largest absolute Gasteiger partial charge is 0.382 e. The number of hydrogen-bond acceptors (Lipinski definition) is 5. The highest BCUT2D eigenvalue weighted by Gasteiger charge is 2.27. The van der Waals surface area contributed by atoms with Gasteiger partial charge in [-0.05, 0) is 25.0 Å². The van der Waals surface area contributed by atoms with Gasteiger partial charge in [0.15, 0.2) is 5.82 Å². The number of nitrogen functional groups attached to an aromatic ring is 1. The minimum absolute atomic E-state index is 0.0559. The molecule has 90 valence electrons. The molecule has 2 unspecified atom stereocenters. The Morgan fingerprint density at radius 1 is 1.41 bits per heavy atom. The van der Waals surface area contributed by atoms with Crippen molar-refractivity contribution in [2.45, 2.75) is 25.0 Å². The van der Waals surface area contributed by atoms with E-state index in [1.54, 1.807) is 4.52 Å². The summed E-state index contributed by atoms with van der Waals surface area (Å²) in [7, 11) is 0. The number of rotatable bonds is 2. The van der Waals surface area contributed by atoms with E-state index in [4.69, 9.17) is 16.2 Å². The van der Waals surface area contributed by atoms with E-state index in [-0.39, 0.29) is 12.2 Å². The predicted molar refractivity (Wildman–Crippen MR) is 63.3 cm³/mol. The average Bonchev–Trinajstić information content (AvgIpc) is 2.94. The van der Waals surface area contributed by atoms with Crippen molar-refractivity contribution >= 4 is 11.3 Å². The fourth-order valence-corrected chi connectivity index (χ4v) is 2.31. The summed E-state index contributed by atoms with van der Waals surface area (Å²) in [4.78, 5) is 3.96. The monoisotopic (exact) mass is 233 g/mol. The Hall–Kier alpha value is -1.66. The number of fused-ring (bicyclic) bond motifs is 1. The molecular formula is C11H15N5O. The highest BCUT2D eigenvalue weighted by molar-refractivity contribution is 5.65. The normalized spacial score (nSPS) is 24.5. The van der Waals surface area contributed by atoms with Crippen LogP contribution in [0.2, 0.25) is 0 Å². The van der Waals surface area contributed by atoms with Crippen LogP contribution in [0.25, 0.3) is 5.52 Å². The summed E-state index contributed by atoms with van der Waals surface area (Å²) in [5.74, 6) is 0.486. The molecule has 2 aromatic heterocycles. The van der Waals surface area contributed by atoms with Crippen molar-refractivity contribution in [2.24, 2.45) is 5.73 Å². The minimum Gasteiger partial charge on any atom is -0.382 e. The summed E-state index contributed by atoms with van der Waals surface area (Å²) < 4.78 is 7.65. The van der Waals surface area contributed by atoms with E-state index >= 15 is 0 Å².